The first-order valence-electron chi connectivity index (χ1n) is 25.1. The van der Waals surface area contributed by atoms with Crippen molar-refractivity contribution in [3.8, 4) is 0 Å². The number of hydrogen-bond acceptors (Lipinski definition) is 7. The van der Waals surface area contributed by atoms with Crippen LogP contribution in [0.1, 0.15) is 168 Å². The number of unbranched alkanes of at least 4 members (excludes halogenated alkanes) is 11. The predicted octanol–water partition coefficient (Wildman–Crippen LogP) is 14.0. The van der Waals surface area contributed by atoms with Crippen molar-refractivity contribution in [3.05, 3.63) is 109 Å². The molecule has 0 aromatic heterocycles. The van der Waals surface area contributed by atoms with Crippen LogP contribution in [0, 0.1) is 0 Å². The number of hydrogen-bond donors (Lipinski definition) is 1. The lowest BCUT2D eigenvalue weighted by Crippen LogP contribution is -2.40. The lowest BCUT2D eigenvalue weighted by Gasteiger charge is -2.25. The lowest BCUT2D eigenvalue weighted by atomic mass is 10.1. The third-order valence-corrected chi connectivity index (χ3v) is 10.0. The van der Waals surface area contributed by atoms with Crippen molar-refractivity contribution in [2.75, 3.05) is 47.5 Å². The summed E-state index contributed by atoms with van der Waals surface area (Å²) < 4.78 is 22.7. The molecule has 1 N–H and O–H groups in total. The molecule has 2 unspecified atom stereocenters. The highest BCUT2D eigenvalue weighted by molar-refractivity contribution is 5.71. The molecule has 368 valence electrons. The monoisotopic (exact) mass is 907 g/mol. The Kier molecular flexibility index (Phi) is 43.6. The van der Waals surface area contributed by atoms with Gasteiger partial charge in [-0.1, -0.05) is 168 Å². The number of esters is 2. The maximum absolute atomic E-state index is 12.8. The normalized spacial score (nSPS) is 13.8. The molecule has 0 aromatic carbocycles. The third-order valence-electron chi connectivity index (χ3n) is 10.0. The second kappa shape index (κ2) is 46.5. The first kappa shape index (κ1) is 60.9. The van der Waals surface area contributed by atoms with E-state index in [1.165, 1.54) is 25.7 Å². The topological polar surface area (TPSA) is 108 Å². The second-order valence-electron chi connectivity index (χ2n) is 17.4. The van der Waals surface area contributed by atoms with Gasteiger partial charge >= 0.3 is 17.9 Å². The van der Waals surface area contributed by atoms with Crippen LogP contribution >= 0.6 is 0 Å². The molecule has 65 heavy (non-hydrogen) atoms. The van der Waals surface area contributed by atoms with Gasteiger partial charge in [0.05, 0.1) is 34.4 Å². The summed E-state index contributed by atoms with van der Waals surface area (Å²) in [4.78, 5) is 37.2. The van der Waals surface area contributed by atoms with Gasteiger partial charge in [0.2, 0.25) is 0 Å². The Morgan fingerprint density at radius 1 is 0.462 bits per heavy atom. The maximum Gasteiger partial charge on any atom is 0.361 e. The van der Waals surface area contributed by atoms with Crippen molar-refractivity contribution in [2.24, 2.45) is 0 Å². The first-order chi connectivity index (χ1) is 31.6. The Balaban J connectivity index is 4.36. The number of nitrogens with zero attached hydrogens (tertiary/aromatic N) is 1. The maximum atomic E-state index is 12.8. The highest BCUT2D eigenvalue weighted by Crippen LogP contribution is 2.13. The van der Waals surface area contributed by atoms with Crippen LogP contribution in [0.15, 0.2) is 109 Å². The van der Waals surface area contributed by atoms with E-state index in [2.05, 4.69) is 123 Å². The Morgan fingerprint density at radius 2 is 0.831 bits per heavy atom. The van der Waals surface area contributed by atoms with Gasteiger partial charge in [-0.05, 0) is 96.3 Å². The molecule has 0 aliphatic heterocycles. The van der Waals surface area contributed by atoms with Crippen molar-refractivity contribution >= 4 is 17.9 Å². The van der Waals surface area contributed by atoms with Gasteiger partial charge < -0.3 is 28.5 Å². The van der Waals surface area contributed by atoms with Gasteiger partial charge in [0, 0.05) is 12.8 Å². The van der Waals surface area contributed by atoms with Gasteiger partial charge in [0.15, 0.2) is 6.10 Å². The zero-order valence-electron chi connectivity index (χ0n) is 41.6. The molecule has 0 saturated heterocycles. The molecule has 9 heteroatoms. The van der Waals surface area contributed by atoms with Gasteiger partial charge in [0.1, 0.15) is 13.2 Å². The molecule has 2 atom stereocenters. The predicted molar refractivity (Wildman–Crippen MR) is 271 cm³/mol. The van der Waals surface area contributed by atoms with Crippen LogP contribution < -0.4 is 0 Å². The first-order valence-corrected chi connectivity index (χ1v) is 25.1. The quantitative estimate of drug-likeness (QED) is 0.0212. The van der Waals surface area contributed by atoms with Crippen LogP contribution in [0.25, 0.3) is 0 Å². The minimum absolute atomic E-state index is 0.175. The van der Waals surface area contributed by atoms with E-state index in [1.807, 2.05) is 21.1 Å². The minimum Gasteiger partial charge on any atom is -0.477 e. The molecule has 0 fully saturated rings. The van der Waals surface area contributed by atoms with Crippen LogP contribution in [-0.4, -0.2) is 87.4 Å². The summed E-state index contributed by atoms with van der Waals surface area (Å²) in [6, 6.07) is 0. The number of rotatable bonds is 44. The highest BCUT2D eigenvalue weighted by Gasteiger charge is 2.25. The zero-order chi connectivity index (χ0) is 47.7. The van der Waals surface area contributed by atoms with Gasteiger partial charge in [0.25, 0.3) is 6.29 Å². The van der Waals surface area contributed by atoms with Crippen molar-refractivity contribution in [1.29, 1.82) is 0 Å². The van der Waals surface area contributed by atoms with Gasteiger partial charge in [-0.3, -0.25) is 9.59 Å². The molecule has 0 aliphatic carbocycles. The molecular formula is C56H92NO8+. The Bertz CT molecular complexity index is 1430. The van der Waals surface area contributed by atoms with Gasteiger partial charge in [-0.25, -0.2) is 4.79 Å². The molecule has 9 nitrogen and oxygen atoms in total. The zero-order valence-corrected chi connectivity index (χ0v) is 41.6. The average molecular weight is 907 g/mol. The Morgan fingerprint density at radius 3 is 1.25 bits per heavy atom. The third kappa shape index (κ3) is 47.7. The fourth-order valence-electron chi connectivity index (χ4n) is 6.20. The number of carboxylic acids is 1. The van der Waals surface area contributed by atoms with Crippen LogP contribution in [0.3, 0.4) is 0 Å². The molecule has 0 aromatic rings. The Hall–Kier alpha value is -4.05. The van der Waals surface area contributed by atoms with E-state index in [9.17, 15) is 19.5 Å². The number of carboxylic acid groups (broad SMARTS) is 1. The van der Waals surface area contributed by atoms with E-state index in [1.54, 1.807) is 0 Å². The molecule has 0 bridgehead atoms. The molecule has 0 heterocycles. The standard InChI is InChI=1S/C56H91NO8/c1-6-8-10-12-14-16-18-20-21-22-23-24-25-26-27-28-29-30-31-32-33-35-37-39-41-43-45-47-54(59)65-52(51-64-56(55(60)61)62-49-48-57(3,4)5)50-63-53(58)46-44-42-40-38-36-34-19-17-15-13-11-9-7-2/h8-11,14-17,20-21,23-24,26-27,29-30,34,36,52,56H,6-7,12-13,18-19,22,25,28,31-33,35,37-51H2,1-5H3/p+1/b10-8-,11-9-,16-14-,17-15-,21-20-,24-23-,27-26-,30-29-,36-34-. The van der Waals surface area contributed by atoms with E-state index in [0.29, 0.717) is 23.9 Å². The molecule has 0 aliphatic rings. The van der Waals surface area contributed by atoms with E-state index in [4.69, 9.17) is 18.9 Å². The summed E-state index contributed by atoms with van der Waals surface area (Å²) in [5, 5.41) is 9.66. The summed E-state index contributed by atoms with van der Waals surface area (Å²) in [5.41, 5.74) is 0. The van der Waals surface area contributed by atoms with Crippen LogP contribution in [0.4, 0.5) is 0 Å². The highest BCUT2D eigenvalue weighted by atomic mass is 16.7. The summed E-state index contributed by atoms with van der Waals surface area (Å²) in [6.45, 7) is 4.57. The van der Waals surface area contributed by atoms with Crippen molar-refractivity contribution < 1.29 is 42.9 Å². The number of ether oxygens (including phenoxy) is 4. The summed E-state index contributed by atoms with van der Waals surface area (Å²) in [7, 11) is 5.93. The molecule has 0 radical (unpaired) electrons. The number of carbonyl (C=O) groups excluding carboxylic acids is 2. The molecule has 0 rings (SSSR count). The van der Waals surface area contributed by atoms with Crippen molar-refractivity contribution in [1.82, 2.24) is 0 Å². The fourth-order valence-corrected chi connectivity index (χ4v) is 6.20. The lowest BCUT2D eigenvalue weighted by molar-refractivity contribution is -0.870. The van der Waals surface area contributed by atoms with Crippen molar-refractivity contribution in [2.45, 2.75) is 180 Å². The number of allylic oxidation sites excluding steroid dienone is 18. The minimum atomic E-state index is -1.52. The van der Waals surface area contributed by atoms with E-state index in [0.717, 1.165) is 103 Å². The summed E-state index contributed by atoms with van der Waals surface area (Å²) in [6.07, 6.45) is 60.2. The smallest absolute Gasteiger partial charge is 0.361 e. The van der Waals surface area contributed by atoms with Gasteiger partial charge in [-0.2, -0.15) is 0 Å². The Labute approximate surface area is 396 Å². The molecule has 0 amide bonds. The average Bonchev–Trinajstić information content (AvgIpc) is 3.27. The SMILES string of the molecule is CC/C=C\C/C=C\C/C=C\C/C=C\C/C=C\C/C=C\CCCCCCCCCCC(=O)OC(COC(=O)CCCCC/C=C\C/C=C\C/C=C\CC)COC(OCC[N+](C)(C)C)C(=O)O. The number of quaternary nitrogens is 1. The summed E-state index contributed by atoms with van der Waals surface area (Å²) >= 11 is 0. The molecule has 0 spiro atoms. The summed E-state index contributed by atoms with van der Waals surface area (Å²) in [5.74, 6) is -2.07. The number of likely N-dealkylation sites (N-methyl/N-ethyl adjacent to an activating group) is 1. The van der Waals surface area contributed by atoms with E-state index < -0.39 is 24.3 Å². The fraction of sp³-hybridized carbons (Fsp3) is 0.625. The van der Waals surface area contributed by atoms with Crippen LogP contribution in [-0.2, 0) is 33.3 Å². The van der Waals surface area contributed by atoms with E-state index in [-0.39, 0.29) is 38.6 Å². The number of carbonyl (C=O) groups is 3. The molecular weight excluding hydrogens is 815 g/mol. The van der Waals surface area contributed by atoms with Crippen molar-refractivity contribution in [3.63, 3.8) is 0 Å². The second-order valence-corrected chi connectivity index (χ2v) is 17.4. The number of aliphatic carboxylic acids is 1. The van der Waals surface area contributed by atoms with E-state index >= 15 is 0 Å². The largest absolute Gasteiger partial charge is 0.477 e. The van der Waals surface area contributed by atoms with Crippen LogP contribution in [0.2, 0.25) is 0 Å². The molecule has 0 saturated carbocycles. The van der Waals surface area contributed by atoms with Crippen LogP contribution in [0.5, 0.6) is 0 Å². The van der Waals surface area contributed by atoms with Gasteiger partial charge in [-0.15, -0.1) is 0 Å².